The lowest BCUT2D eigenvalue weighted by atomic mass is 9.99. The van der Waals surface area contributed by atoms with Crippen molar-refractivity contribution in [2.45, 2.75) is 59.0 Å². The highest BCUT2D eigenvalue weighted by atomic mass is 127. The van der Waals surface area contributed by atoms with E-state index in [0.29, 0.717) is 32.2 Å². The maximum atomic E-state index is 5.76. The van der Waals surface area contributed by atoms with Crippen LogP contribution < -0.4 is 20.1 Å². The maximum Gasteiger partial charge on any atom is 0.191 e. The summed E-state index contributed by atoms with van der Waals surface area (Å²) in [6, 6.07) is 8.03. The van der Waals surface area contributed by atoms with Crippen molar-refractivity contribution in [1.82, 2.24) is 15.8 Å². The first-order chi connectivity index (χ1) is 14.2. The molecule has 2 N–H and O–H groups in total. The van der Waals surface area contributed by atoms with Gasteiger partial charge in [-0.15, -0.1) is 24.0 Å². The van der Waals surface area contributed by atoms with E-state index in [-0.39, 0.29) is 24.0 Å². The second-order valence-corrected chi connectivity index (χ2v) is 7.11. The Morgan fingerprint density at radius 1 is 1.07 bits per heavy atom. The quantitative estimate of drug-likeness (QED) is 0.296. The van der Waals surface area contributed by atoms with Gasteiger partial charge in [-0.25, -0.2) is 4.99 Å². The van der Waals surface area contributed by atoms with Crippen LogP contribution in [-0.2, 0) is 13.1 Å². The number of aromatic nitrogens is 1. The molecule has 166 valence electrons. The molecule has 7 nitrogen and oxygen atoms in total. The zero-order valence-corrected chi connectivity index (χ0v) is 20.4. The number of hydrogen-bond acceptors (Lipinski definition) is 5. The Hall–Kier alpha value is -1.97. The van der Waals surface area contributed by atoms with E-state index in [9.17, 15) is 0 Å². The van der Waals surface area contributed by atoms with Crippen LogP contribution in [0.1, 0.15) is 63.0 Å². The van der Waals surface area contributed by atoms with Gasteiger partial charge in [0.25, 0.3) is 0 Å². The van der Waals surface area contributed by atoms with Crippen molar-refractivity contribution in [2.75, 3.05) is 19.8 Å². The molecule has 3 rings (SSSR count). The van der Waals surface area contributed by atoms with E-state index in [0.717, 1.165) is 60.3 Å². The Balaban J connectivity index is 0.00000320. The standard InChI is InChI=1S/C22H32N4O3.HI/c1-4-17(5-2)19-13-18(29-26-19)15-25-22(23-6-3)24-14-16-8-9-20-21(12-16)28-11-7-10-27-20;/h8-9,12-13,17H,4-7,10-11,14-15H2,1-3H3,(H2,23,24,25);1H. The van der Waals surface area contributed by atoms with Crippen molar-refractivity contribution in [3.05, 3.63) is 41.3 Å². The number of aliphatic imine (C=N–C) groups is 1. The molecular weight excluding hydrogens is 495 g/mol. The smallest absolute Gasteiger partial charge is 0.191 e. The Bertz CT molecular complexity index is 805. The normalized spacial score (nSPS) is 13.5. The van der Waals surface area contributed by atoms with Crippen LogP contribution in [0.2, 0.25) is 0 Å². The molecule has 0 saturated heterocycles. The van der Waals surface area contributed by atoms with Crippen molar-refractivity contribution in [3.8, 4) is 11.5 Å². The topological polar surface area (TPSA) is 80.9 Å². The number of ether oxygens (including phenoxy) is 2. The third-order valence-electron chi connectivity index (χ3n) is 4.99. The highest BCUT2D eigenvalue weighted by Crippen LogP contribution is 2.30. The fourth-order valence-corrected chi connectivity index (χ4v) is 3.30. The minimum absolute atomic E-state index is 0. The SMILES string of the molecule is CCNC(=NCc1ccc2c(c1)OCCCO2)NCc1cc(C(CC)CC)no1.I. The van der Waals surface area contributed by atoms with Gasteiger partial charge >= 0.3 is 0 Å². The predicted molar refractivity (Wildman–Crippen MR) is 129 cm³/mol. The van der Waals surface area contributed by atoms with Gasteiger partial charge in [0.15, 0.2) is 23.2 Å². The van der Waals surface area contributed by atoms with Gasteiger partial charge in [-0.2, -0.15) is 0 Å². The Labute approximate surface area is 196 Å². The fourth-order valence-electron chi connectivity index (χ4n) is 3.30. The minimum atomic E-state index is 0. The van der Waals surface area contributed by atoms with Crippen LogP contribution in [0, 0.1) is 0 Å². The molecule has 0 amide bonds. The zero-order valence-electron chi connectivity index (χ0n) is 18.1. The molecule has 1 aromatic carbocycles. The lowest BCUT2D eigenvalue weighted by Crippen LogP contribution is -2.36. The Morgan fingerprint density at radius 3 is 2.57 bits per heavy atom. The van der Waals surface area contributed by atoms with Crippen molar-refractivity contribution in [3.63, 3.8) is 0 Å². The van der Waals surface area contributed by atoms with Crippen LogP contribution in [0.4, 0.5) is 0 Å². The van der Waals surface area contributed by atoms with Gasteiger partial charge in [0.05, 0.1) is 32.0 Å². The van der Waals surface area contributed by atoms with Gasteiger partial charge in [0.2, 0.25) is 0 Å². The van der Waals surface area contributed by atoms with E-state index in [1.807, 2.05) is 31.2 Å². The molecule has 30 heavy (non-hydrogen) atoms. The monoisotopic (exact) mass is 528 g/mol. The summed E-state index contributed by atoms with van der Waals surface area (Å²) in [5.74, 6) is 3.60. The van der Waals surface area contributed by atoms with Crippen LogP contribution in [0.15, 0.2) is 33.8 Å². The number of benzene rings is 1. The number of nitrogens with zero attached hydrogens (tertiary/aromatic N) is 2. The summed E-state index contributed by atoms with van der Waals surface area (Å²) in [4.78, 5) is 4.68. The number of fused-ring (bicyclic) bond motifs is 1. The average Bonchev–Trinajstić information content (AvgIpc) is 3.07. The average molecular weight is 528 g/mol. The van der Waals surface area contributed by atoms with Crippen molar-refractivity contribution >= 4 is 29.9 Å². The van der Waals surface area contributed by atoms with Gasteiger partial charge in [-0.1, -0.05) is 25.1 Å². The molecule has 2 heterocycles. The summed E-state index contributed by atoms with van der Waals surface area (Å²) in [6.45, 7) is 9.64. The number of guanidine groups is 1. The van der Waals surface area contributed by atoms with Gasteiger partial charge < -0.3 is 24.6 Å². The lowest BCUT2D eigenvalue weighted by molar-refractivity contribution is 0.297. The number of halogens is 1. The summed E-state index contributed by atoms with van der Waals surface area (Å²) >= 11 is 0. The lowest BCUT2D eigenvalue weighted by Gasteiger charge is -2.11. The minimum Gasteiger partial charge on any atom is -0.490 e. The Morgan fingerprint density at radius 2 is 1.83 bits per heavy atom. The third kappa shape index (κ3) is 6.78. The highest BCUT2D eigenvalue weighted by molar-refractivity contribution is 14.0. The highest BCUT2D eigenvalue weighted by Gasteiger charge is 2.13. The predicted octanol–water partition coefficient (Wildman–Crippen LogP) is 4.61. The molecule has 0 radical (unpaired) electrons. The van der Waals surface area contributed by atoms with Gasteiger partial charge in [-0.05, 0) is 37.5 Å². The van der Waals surface area contributed by atoms with E-state index in [2.05, 4.69) is 34.6 Å². The molecule has 1 aliphatic heterocycles. The number of nitrogens with one attached hydrogen (secondary N) is 2. The van der Waals surface area contributed by atoms with Gasteiger partial charge in [0, 0.05) is 24.9 Å². The summed E-state index contributed by atoms with van der Waals surface area (Å²) in [7, 11) is 0. The molecule has 1 aliphatic rings. The molecule has 2 aromatic rings. The second kappa shape index (κ2) is 12.7. The third-order valence-corrected chi connectivity index (χ3v) is 4.99. The van der Waals surface area contributed by atoms with E-state index in [4.69, 9.17) is 14.0 Å². The molecular formula is C22H33IN4O3. The summed E-state index contributed by atoms with van der Waals surface area (Å²) in [6.07, 6.45) is 3.03. The zero-order chi connectivity index (χ0) is 20.5. The molecule has 0 fully saturated rings. The molecule has 8 heteroatoms. The van der Waals surface area contributed by atoms with Crippen LogP contribution in [0.25, 0.3) is 0 Å². The number of hydrogen-bond donors (Lipinski definition) is 2. The molecule has 0 atom stereocenters. The van der Waals surface area contributed by atoms with Gasteiger partial charge in [0.1, 0.15) is 0 Å². The first-order valence-corrected chi connectivity index (χ1v) is 10.6. The first-order valence-electron chi connectivity index (χ1n) is 10.6. The van der Waals surface area contributed by atoms with E-state index >= 15 is 0 Å². The van der Waals surface area contributed by atoms with Crippen molar-refractivity contribution in [2.24, 2.45) is 4.99 Å². The molecule has 1 aromatic heterocycles. The summed E-state index contributed by atoms with van der Waals surface area (Å²) in [5, 5.41) is 10.8. The molecule has 0 unspecified atom stereocenters. The fraction of sp³-hybridized carbons (Fsp3) is 0.545. The van der Waals surface area contributed by atoms with E-state index in [1.165, 1.54) is 0 Å². The summed E-state index contributed by atoms with van der Waals surface area (Å²) in [5.41, 5.74) is 2.10. The van der Waals surface area contributed by atoms with E-state index < -0.39 is 0 Å². The van der Waals surface area contributed by atoms with Crippen molar-refractivity contribution in [1.29, 1.82) is 0 Å². The maximum absolute atomic E-state index is 5.76. The van der Waals surface area contributed by atoms with Gasteiger partial charge in [-0.3, -0.25) is 0 Å². The van der Waals surface area contributed by atoms with Crippen LogP contribution in [0.5, 0.6) is 11.5 Å². The Kier molecular flexibility index (Phi) is 10.3. The first kappa shape index (κ1) is 24.3. The molecule has 0 aliphatic carbocycles. The molecule has 0 saturated carbocycles. The second-order valence-electron chi connectivity index (χ2n) is 7.11. The van der Waals surface area contributed by atoms with Crippen LogP contribution in [0.3, 0.4) is 0 Å². The van der Waals surface area contributed by atoms with Crippen LogP contribution in [-0.4, -0.2) is 30.9 Å². The molecule has 0 bridgehead atoms. The van der Waals surface area contributed by atoms with Crippen molar-refractivity contribution < 1.29 is 14.0 Å². The summed E-state index contributed by atoms with van der Waals surface area (Å²) < 4.78 is 16.9. The van der Waals surface area contributed by atoms with Crippen LogP contribution >= 0.6 is 24.0 Å². The largest absolute Gasteiger partial charge is 0.490 e. The molecule has 0 spiro atoms. The number of rotatable bonds is 8. The van der Waals surface area contributed by atoms with E-state index in [1.54, 1.807) is 0 Å².